The summed E-state index contributed by atoms with van der Waals surface area (Å²) in [6.45, 7) is 0. The summed E-state index contributed by atoms with van der Waals surface area (Å²) < 4.78 is 0. The second-order valence-electron chi connectivity index (χ2n) is 6.29. The Morgan fingerprint density at radius 3 is 2.43 bits per heavy atom. The van der Waals surface area contributed by atoms with Gasteiger partial charge in [-0.2, -0.15) is 0 Å². The smallest absolute Gasteiger partial charge is 0.171 e. The molecule has 0 atom stereocenters. The molecular formula is C19H23N3S. The molecule has 2 aromatic rings. The number of anilines is 1. The van der Waals surface area contributed by atoms with Crippen molar-refractivity contribution < 1.29 is 0 Å². The summed E-state index contributed by atoms with van der Waals surface area (Å²) in [5.41, 5.74) is 2.51. The molecule has 1 saturated carbocycles. The summed E-state index contributed by atoms with van der Waals surface area (Å²) in [6.07, 6.45) is 10.7. The predicted octanol–water partition coefficient (Wildman–Crippen LogP) is 4.31. The third-order valence-corrected chi connectivity index (χ3v) is 4.82. The first-order valence-electron chi connectivity index (χ1n) is 8.29. The number of hydrogen-bond donors (Lipinski definition) is 2. The standard InChI is InChI=1S/C19H23N3S/c23-18(21-17-9-14-20-15-10-17)22-19(11-4-5-12-19)13-8-16-6-2-1-3-7-16/h1-3,6-7,9-10,14-15H,4-5,8,11-13H2,(H2,20,21,22,23). The van der Waals surface area contributed by atoms with E-state index < -0.39 is 0 Å². The van der Waals surface area contributed by atoms with Gasteiger partial charge in [0.1, 0.15) is 0 Å². The lowest BCUT2D eigenvalue weighted by Gasteiger charge is -2.32. The van der Waals surface area contributed by atoms with E-state index in [1.54, 1.807) is 12.4 Å². The maximum absolute atomic E-state index is 5.53. The quantitative estimate of drug-likeness (QED) is 0.803. The number of nitrogens with zero attached hydrogens (tertiary/aromatic N) is 1. The first-order valence-corrected chi connectivity index (χ1v) is 8.70. The summed E-state index contributed by atoms with van der Waals surface area (Å²) in [5.74, 6) is 0. The minimum absolute atomic E-state index is 0.132. The number of benzene rings is 1. The van der Waals surface area contributed by atoms with Gasteiger partial charge in [-0.15, -0.1) is 0 Å². The van der Waals surface area contributed by atoms with Crippen LogP contribution in [0.3, 0.4) is 0 Å². The molecule has 3 nitrogen and oxygen atoms in total. The maximum Gasteiger partial charge on any atom is 0.171 e. The average Bonchev–Trinajstić information content (AvgIpc) is 3.03. The average molecular weight is 325 g/mol. The number of pyridine rings is 1. The first-order chi connectivity index (χ1) is 11.3. The Kier molecular flexibility index (Phi) is 5.23. The third kappa shape index (κ3) is 4.52. The normalized spacial score (nSPS) is 16.0. The number of nitrogens with one attached hydrogen (secondary N) is 2. The van der Waals surface area contributed by atoms with Crippen molar-refractivity contribution in [1.29, 1.82) is 0 Å². The van der Waals surface area contributed by atoms with Gasteiger partial charge >= 0.3 is 0 Å². The highest BCUT2D eigenvalue weighted by molar-refractivity contribution is 7.80. The minimum atomic E-state index is 0.132. The Morgan fingerprint density at radius 2 is 1.74 bits per heavy atom. The van der Waals surface area contributed by atoms with Crippen LogP contribution in [0.2, 0.25) is 0 Å². The molecule has 0 radical (unpaired) electrons. The molecule has 120 valence electrons. The van der Waals surface area contributed by atoms with Gasteiger partial charge in [-0.3, -0.25) is 4.98 Å². The molecule has 1 fully saturated rings. The van der Waals surface area contributed by atoms with Gasteiger partial charge < -0.3 is 10.6 Å². The largest absolute Gasteiger partial charge is 0.357 e. The number of aromatic nitrogens is 1. The fraction of sp³-hybridized carbons (Fsp3) is 0.368. The molecule has 2 N–H and O–H groups in total. The van der Waals surface area contributed by atoms with Crippen molar-refractivity contribution in [2.45, 2.75) is 44.1 Å². The fourth-order valence-electron chi connectivity index (χ4n) is 3.36. The molecule has 0 spiro atoms. The van der Waals surface area contributed by atoms with E-state index in [-0.39, 0.29) is 5.54 Å². The van der Waals surface area contributed by atoms with E-state index in [9.17, 15) is 0 Å². The fourth-order valence-corrected chi connectivity index (χ4v) is 3.69. The van der Waals surface area contributed by atoms with Gasteiger partial charge in [-0.05, 0) is 55.6 Å². The van der Waals surface area contributed by atoms with Crippen molar-refractivity contribution >= 4 is 23.0 Å². The summed E-state index contributed by atoms with van der Waals surface area (Å²) in [7, 11) is 0. The molecule has 0 aliphatic heterocycles. The van der Waals surface area contributed by atoms with Crippen LogP contribution in [0.5, 0.6) is 0 Å². The number of thiocarbonyl (C=S) groups is 1. The van der Waals surface area contributed by atoms with E-state index in [4.69, 9.17) is 12.2 Å². The van der Waals surface area contributed by atoms with Crippen LogP contribution in [0.25, 0.3) is 0 Å². The highest BCUT2D eigenvalue weighted by Crippen LogP contribution is 2.33. The molecule has 1 aliphatic rings. The molecule has 0 amide bonds. The van der Waals surface area contributed by atoms with Gasteiger partial charge in [0.05, 0.1) is 0 Å². The van der Waals surface area contributed by atoms with Gasteiger partial charge in [0.2, 0.25) is 0 Å². The van der Waals surface area contributed by atoms with Crippen LogP contribution in [-0.4, -0.2) is 15.6 Å². The molecule has 0 saturated heterocycles. The van der Waals surface area contributed by atoms with E-state index in [2.05, 4.69) is 45.9 Å². The van der Waals surface area contributed by atoms with Crippen molar-refractivity contribution in [1.82, 2.24) is 10.3 Å². The molecule has 4 heteroatoms. The molecule has 0 bridgehead atoms. The van der Waals surface area contributed by atoms with Gasteiger partial charge in [0, 0.05) is 23.6 Å². The lowest BCUT2D eigenvalue weighted by atomic mass is 9.89. The van der Waals surface area contributed by atoms with Gasteiger partial charge in [-0.25, -0.2) is 0 Å². The third-order valence-electron chi connectivity index (χ3n) is 4.61. The Morgan fingerprint density at radius 1 is 1.04 bits per heavy atom. The van der Waals surface area contributed by atoms with Crippen LogP contribution < -0.4 is 10.6 Å². The Hall–Kier alpha value is -1.94. The van der Waals surface area contributed by atoms with E-state index in [1.807, 2.05) is 12.1 Å². The van der Waals surface area contributed by atoms with Crippen molar-refractivity contribution in [2.24, 2.45) is 0 Å². The zero-order chi connectivity index (χ0) is 16.0. The number of rotatable bonds is 5. The molecule has 23 heavy (non-hydrogen) atoms. The molecule has 1 aromatic carbocycles. The topological polar surface area (TPSA) is 37.0 Å². The van der Waals surface area contributed by atoms with Gasteiger partial charge in [0.15, 0.2) is 5.11 Å². The summed E-state index contributed by atoms with van der Waals surface area (Å²) in [5, 5.41) is 7.60. The Balaban J connectivity index is 1.60. The van der Waals surface area contributed by atoms with Crippen molar-refractivity contribution in [3.8, 4) is 0 Å². The second kappa shape index (κ2) is 7.55. The van der Waals surface area contributed by atoms with Gasteiger partial charge in [0.25, 0.3) is 0 Å². The molecule has 1 heterocycles. The van der Waals surface area contributed by atoms with Crippen LogP contribution in [0.15, 0.2) is 54.9 Å². The maximum atomic E-state index is 5.53. The highest BCUT2D eigenvalue weighted by atomic mass is 32.1. The van der Waals surface area contributed by atoms with Crippen molar-refractivity contribution in [2.75, 3.05) is 5.32 Å². The highest BCUT2D eigenvalue weighted by Gasteiger charge is 2.33. The Bertz CT molecular complexity index is 622. The molecule has 3 rings (SSSR count). The van der Waals surface area contributed by atoms with Crippen molar-refractivity contribution in [3.05, 3.63) is 60.4 Å². The first kappa shape index (κ1) is 15.9. The van der Waals surface area contributed by atoms with Crippen molar-refractivity contribution in [3.63, 3.8) is 0 Å². The SMILES string of the molecule is S=C(Nc1ccncc1)NC1(CCc2ccccc2)CCCC1. The van der Waals surface area contributed by atoms with Gasteiger partial charge in [-0.1, -0.05) is 43.2 Å². The van der Waals surface area contributed by atoms with Crippen LogP contribution in [0, 0.1) is 0 Å². The molecule has 0 unspecified atom stereocenters. The van der Waals surface area contributed by atoms with E-state index >= 15 is 0 Å². The molecular weight excluding hydrogens is 302 g/mol. The minimum Gasteiger partial charge on any atom is -0.357 e. The van der Waals surface area contributed by atoms with E-state index in [0.29, 0.717) is 5.11 Å². The number of aryl methyl sites for hydroxylation is 1. The lowest BCUT2D eigenvalue weighted by Crippen LogP contribution is -2.48. The molecule has 1 aromatic heterocycles. The van der Waals surface area contributed by atoms with E-state index in [1.165, 1.54) is 31.2 Å². The van der Waals surface area contributed by atoms with E-state index in [0.717, 1.165) is 18.5 Å². The van der Waals surface area contributed by atoms with Crippen LogP contribution in [0.4, 0.5) is 5.69 Å². The second-order valence-corrected chi connectivity index (χ2v) is 6.70. The zero-order valence-electron chi connectivity index (χ0n) is 13.3. The van der Waals surface area contributed by atoms with Crippen LogP contribution in [0.1, 0.15) is 37.7 Å². The lowest BCUT2D eigenvalue weighted by molar-refractivity contribution is 0.362. The summed E-state index contributed by atoms with van der Waals surface area (Å²) in [6, 6.07) is 14.6. The summed E-state index contributed by atoms with van der Waals surface area (Å²) in [4.78, 5) is 4.03. The van der Waals surface area contributed by atoms with Crippen LogP contribution in [-0.2, 0) is 6.42 Å². The number of hydrogen-bond acceptors (Lipinski definition) is 2. The summed E-state index contributed by atoms with van der Waals surface area (Å²) >= 11 is 5.53. The Labute approximate surface area is 143 Å². The van der Waals surface area contributed by atoms with Crippen LogP contribution >= 0.6 is 12.2 Å². The zero-order valence-corrected chi connectivity index (χ0v) is 14.1. The monoisotopic (exact) mass is 325 g/mol. The molecule has 1 aliphatic carbocycles. The predicted molar refractivity (Wildman–Crippen MR) is 99.6 cm³/mol.